The lowest BCUT2D eigenvalue weighted by molar-refractivity contribution is -0.0547. The molecule has 1 aliphatic rings. The van der Waals surface area contributed by atoms with E-state index < -0.39 is 65.9 Å². The van der Waals surface area contributed by atoms with Gasteiger partial charge in [0.05, 0.1) is 20.3 Å². The molecule has 0 saturated carbocycles. The van der Waals surface area contributed by atoms with E-state index in [-0.39, 0.29) is 12.2 Å². The first-order chi connectivity index (χ1) is 19.0. The van der Waals surface area contributed by atoms with Gasteiger partial charge in [0.2, 0.25) is 0 Å². The van der Waals surface area contributed by atoms with Crippen molar-refractivity contribution in [1.29, 1.82) is 0 Å². The Morgan fingerprint density at radius 1 is 1.00 bits per heavy atom. The van der Waals surface area contributed by atoms with Crippen molar-refractivity contribution in [2.75, 3.05) is 13.7 Å². The minimum absolute atomic E-state index is 0.210. The fraction of sp³-hybridized carbons (Fsp3) is 0.389. The van der Waals surface area contributed by atoms with E-state index in [1.807, 2.05) is 0 Å². The summed E-state index contributed by atoms with van der Waals surface area (Å²) in [6.45, 7) is -1.46. The second-order valence-corrected chi connectivity index (χ2v) is 12.8. The molecule has 0 aliphatic carbocycles. The molecule has 41 heavy (non-hydrogen) atoms. The molecule has 20 nitrogen and oxygen atoms in total. The van der Waals surface area contributed by atoms with Gasteiger partial charge in [-0.1, -0.05) is 5.16 Å². The van der Waals surface area contributed by atoms with Crippen molar-refractivity contribution in [3.8, 4) is 5.75 Å². The summed E-state index contributed by atoms with van der Waals surface area (Å²) in [7, 11) is -15.5. The highest BCUT2D eigenvalue weighted by atomic mass is 31.3. The first-order valence-electron chi connectivity index (χ1n) is 11.0. The minimum atomic E-state index is -5.79. The summed E-state index contributed by atoms with van der Waals surface area (Å²) in [6.07, 6.45) is -6.06. The van der Waals surface area contributed by atoms with E-state index in [1.165, 1.54) is 7.11 Å². The monoisotopic (exact) mass is 645 g/mol. The Bertz CT molecular complexity index is 1690. The third-order valence-electron chi connectivity index (χ3n) is 5.59. The van der Waals surface area contributed by atoms with E-state index in [0.29, 0.717) is 16.7 Å². The van der Waals surface area contributed by atoms with Crippen molar-refractivity contribution < 1.29 is 70.6 Å². The number of aliphatic hydroxyl groups is 2. The van der Waals surface area contributed by atoms with Crippen LogP contribution in [0.3, 0.4) is 0 Å². The molecule has 1 saturated heterocycles. The zero-order valence-electron chi connectivity index (χ0n) is 20.5. The second kappa shape index (κ2) is 11.6. The van der Waals surface area contributed by atoms with Crippen LogP contribution in [-0.4, -0.2) is 76.1 Å². The number of phosphoric ester groups is 1. The van der Waals surface area contributed by atoms with Gasteiger partial charge >= 0.3 is 29.2 Å². The predicted molar refractivity (Wildman–Crippen MR) is 130 cm³/mol. The Kier molecular flexibility index (Phi) is 8.90. The van der Waals surface area contributed by atoms with Crippen molar-refractivity contribution in [1.82, 2.24) is 14.3 Å². The van der Waals surface area contributed by atoms with Crippen molar-refractivity contribution in [3.63, 3.8) is 0 Å². The van der Waals surface area contributed by atoms with Crippen LogP contribution in [0.1, 0.15) is 11.9 Å². The van der Waals surface area contributed by atoms with E-state index in [1.54, 1.807) is 18.2 Å². The molecule has 1 fully saturated rings. The maximum absolute atomic E-state index is 13.2. The highest BCUT2D eigenvalue weighted by molar-refractivity contribution is 7.66. The fourth-order valence-electron chi connectivity index (χ4n) is 3.80. The summed E-state index contributed by atoms with van der Waals surface area (Å²) >= 11 is 0. The summed E-state index contributed by atoms with van der Waals surface area (Å²) in [5.74, 6) is 0.479. The van der Waals surface area contributed by atoms with Crippen LogP contribution in [-0.2, 0) is 38.1 Å². The van der Waals surface area contributed by atoms with Crippen molar-refractivity contribution in [2.24, 2.45) is 0 Å². The molecule has 0 radical (unpaired) electrons. The van der Waals surface area contributed by atoms with Crippen LogP contribution in [0.25, 0.3) is 11.0 Å². The van der Waals surface area contributed by atoms with Gasteiger partial charge in [0.1, 0.15) is 29.8 Å². The number of aromatic nitrogens is 3. The minimum Gasteiger partial charge on any atom is -0.497 e. The van der Waals surface area contributed by atoms with Gasteiger partial charge in [-0.15, -0.1) is 0 Å². The average Bonchev–Trinajstić information content (AvgIpc) is 3.38. The Hall–Kier alpha value is -2.54. The van der Waals surface area contributed by atoms with E-state index in [2.05, 4.69) is 18.3 Å². The van der Waals surface area contributed by atoms with Gasteiger partial charge in [-0.05, 0) is 12.1 Å². The van der Waals surface area contributed by atoms with Crippen LogP contribution in [0.2, 0.25) is 0 Å². The van der Waals surface area contributed by atoms with E-state index >= 15 is 0 Å². The third kappa shape index (κ3) is 7.28. The van der Waals surface area contributed by atoms with Gasteiger partial charge in [-0.2, -0.15) is 8.62 Å². The summed E-state index contributed by atoms with van der Waals surface area (Å²) in [4.78, 5) is 61.7. The van der Waals surface area contributed by atoms with Gasteiger partial charge < -0.3 is 43.8 Å². The number of phosphoric acid groups is 3. The lowest BCUT2D eigenvalue weighted by Gasteiger charge is -2.19. The molecular formula is C18H22N3O17P3. The van der Waals surface area contributed by atoms with Crippen LogP contribution in [0.15, 0.2) is 44.6 Å². The fourth-order valence-corrected chi connectivity index (χ4v) is 6.83. The number of ether oxygens (including phenoxy) is 2. The SMILES string of the molecule is COc1ccc2c(Cn3c(=O)ccn([C@@H]4O[C@H](COP(=O)(O)OP(=O)(O)OP(=O)(O)O)[C@H](O)[C@@H]4O)c3=O)noc2c1. The van der Waals surface area contributed by atoms with Crippen molar-refractivity contribution in [2.45, 2.75) is 31.1 Å². The number of fused-ring (bicyclic) bond motifs is 1. The van der Waals surface area contributed by atoms with Gasteiger partial charge in [-0.3, -0.25) is 18.5 Å². The smallest absolute Gasteiger partial charge is 0.490 e. The molecule has 6 N–H and O–H groups in total. The Morgan fingerprint density at radius 2 is 1.71 bits per heavy atom. The second-order valence-electron chi connectivity index (χ2n) is 8.35. The molecule has 3 heterocycles. The molecule has 226 valence electrons. The van der Waals surface area contributed by atoms with Crippen LogP contribution in [0.5, 0.6) is 5.75 Å². The Morgan fingerprint density at radius 3 is 2.37 bits per heavy atom. The van der Waals surface area contributed by atoms with Gasteiger partial charge in [-0.25, -0.2) is 18.5 Å². The van der Waals surface area contributed by atoms with Crippen molar-refractivity contribution >= 4 is 34.4 Å². The molecule has 1 aliphatic heterocycles. The number of hydrogen-bond donors (Lipinski definition) is 6. The van der Waals surface area contributed by atoms with Gasteiger partial charge in [0.25, 0.3) is 5.56 Å². The summed E-state index contributed by atoms with van der Waals surface area (Å²) in [5.41, 5.74) is -1.23. The highest BCUT2D eigenvalue weighted by Gasteiger charge is 2.47. The molecule has 3 aromatic rings. The molecular weight excluding hydrogens is 623 g/mol. The summed E-state index contributed by atoms with van der Waals surface area (Å²) in [5, 5.41) is 25.2. The van der Waals surface area contributed by atoms with Crippen LogP contribution in [0.4, 0.5) is 0 Å². The number of methoxy groups -OCH3 is 1. The lowest BCUT2D eigenvalue weighted by atomic mass is 10.1. The van der Waals surface area contributed by atoms with Crippen LogP contribution >= 0.6 is 23.5 Å². The van der Waals surface area contributed by atoms with Crippen LogP contribution < -0.4 is 16.0 Å². The van der Waals surface area contributed by atoms with Crippen molar-refractivity contribution in [3.05, 3.63) is 57.0 Å². The molecule has 2 aromatic heterocycles. The number of benzene rings is 1. The van der Waals surface area contributed by atoms with Gasteiger partial charge in [0, 0.05) is 23.7 Å². The molecule has 4 rings (SSSR count). The Balaban J connectivity index is 1.51. The average molecular weight is 645 g/mol. The standard InChI is InChI=1S/C18H22N3O17P3/c1-33-9-2-3-10-11(19-36-12(10)6-9)7-21-14(22)4-5-20(18(21)25)17-16(24)15(23)13(35-17)8-34-40(29,30)38-41(31,32)37-39(26,27)28/h2-6,13,15-17,23-24H,7-8H2,1H3,(H,29,30)(H,31,32)(H2,26,27,28)/t13-,15+,16+,17-/m1/s1. The number of rotatable bonds is 11. The zero-order chi connectivity index (χ0) is 30.3. The Labute approximate surface area is 227 Å². The molecule has 1 aromatic carbocycles. The maximum atomic E-state index is 13.2. The van der Waals surface area contributed by atoms with Crippen LogP contribution in [0, 0.1) is 0 Å². The van der Waals surface area contributed by atoms with Gasteiger partial charge in [0.15, 0.2) is 11.8 Å². The largest absolute Gasteiger partial charge is 0.497 e. The highest BCUT2D eigenvalue weighted by Crippen LogP contribution is 2.66. The predicted octanol–water partition coefficient (Wildman–Crippen LogP) is -0.829. The number of aliphatic hydroxyl groups excluding tert-OH is 2. The maximum Gasteiger partial charge on any atom is 0.490 e. The van der Waals surface area contributed by atoms with E-state index in [0.717, 1.165) is 21.4 Å². The third-order valence-corrected chi connectivity index (χ3v) is 9.39. The molecule has 0 spiro atoms. The number of nitrogens with zero attached hydrogens (tertiary/aromatic N) is 3. The van der Waals surface area contributed by atoms with E-state index in [4.69, 9.17) is 23.8 Å². The molecule has 0 amide bonds. The first-order valence-corrected chi connectivity index (χ1v) is 15.6. The first kappa shape index (κ1) is 31.4. The quantitative estimate of drug-likeness (QED) is 0.139. The number of hydrogen-bond acceptors (Lipinski definition) is 14. The zero-order valence-corrected chi connectivity index (χ0v) is 23.2. The van der Waals surface area contributed by atoms with E-state index in [9.17, 15) is 43.3 Å². The summed E-state index contributed by atoms with van der Waals surface area (Å²) < 4.78 is 62.9. The molecule has 0 bridgehead atoms. The summed E-state index contributed by atoms with van der Waals surface area (Å²) in [6, 6.07) is 5.73. The lowest BCUT2D eigenvalue weighted by Crippen LogP contribution is -2.43. The molecule has 2 unspecified atom stereocenters. The topological polar surface area (TPSA) is 289 Å². The molecule has 23 heteroatoms. The molecule has 6 atom stereocenters. The normalized spacial score (nSPS) is 24.3.